The van der Waals surface area contributed by atoms with Gasteiger partial charge >= 0.3 is 0 Å². The molecular weight excluding hydrogens is 172 g/mol. The van der Waals surface area contributed by atoms with Gasteiger partial charge in [0, 0.05) is 18.6 Å². The van der Waals surface area contributed by atoms with E-state index >= 15 is 0 Å². The number of hydrogen-bond donors (Lipinski definition) is 0. The molecule has 2 aromatic heterocycles. The molecular formula is C9H9ClN2. The van der Waals surface area contributed by atoms with Crippen LogP contribution in [0.25, 0.3) is 5.65 Å². The zero-order valence-electron chi connectivity index (χ0n) is 6.79. The summed E-state index contributed by atoms with van der Waals surface area (Å²) in [5.74, 6) is 0. The molecule has 2 rings (SSSR count). The molecule has 0 aromatic carbocycles. The van der Waals surface area contributed by atoms with Gasteiger partial charge in [-0.2, -0.15) is 0 Å². The van der Waals surface area contributed by atoms with E-state index in [4.69, 9.17) is 11.6 Å². The number of hydrogen-bond acceptors (Lipinski definition) is 1. The molecule has 0 atom stereocenters. The summed E-state index contributed by atoms with van der Waals surface area (Å²) in [6, 6.07) is 1.96. The molecule has 62 valence electrons. The highest BCUT2D eigenvalue weighted by Crippen LogP contribution is 2.16. The van der Waals surface area contributed by atoms with Crippen molar-refractivity contribution in [3.8, 4) is 0 Å². The van der Waals surface area contributed by atoms with Gasteiger partial charge in [0.15, 0.2) is 0 Å². The average Bonchev–Trinajstić information content (AvgIpc) is 2.50. The Balaban J connectivity index is 2.80. The number of fused-ring (bicyclic) bond motifs is 1. The summed E-state index contributed by atoms with van der Waals surface area (Å²) >= 11 is 5.91. The van der Waals surface area contributed by atoms with Crippen LogP contribution in [0.2, 0.25) is 5.02 Å². The van der Waals surface area contributed by atoms with Crippen molar-refractivity contribution in [2.45, 2.75) is 13.3 Å². The van der Waals surface area contributed by atoms with E-state index < -0.39 is 0 Å². The molecule has 0 unspecified atom stereocenters. The van der Waals surface area contributed by atoms with Crippen LogP contribution < -0.4 is 0 Å². The van der Waals surface area contributed by atoms with Crippen molar-refractivity contribution in [2.75, 3.05) is 0 Å². The van der Waals surface area contributed by atoms with E-state index in [1.807, 2.05) is 22.9 Å². The van der Waals surface area contributed by atoms with Crippen molar-refractivity contribution in [2.24, 2.45) is 0 Å². The Hall–Kier alpha value is -1.02. The molecule has 2 aromatic rings. The molecule has 0 amide bonds. The fourth-order valence-corrected chi connectivity index (χ4v) is 1.56. The van der Waals surface area contributed by atoms with Gasteiger partial charge < -0.3 is 4.40 Å². The summed E-state index contributed by atoms with van der Waals surface area (Å²) < 4.78 is 1.95. The first-order valence-electron chi connectivity index (χ1n) is 3.92. The van der Waals surface area contributed by atoms with Gasteiger partial charge in [0.1, 0.15) is 5.65 Å². The van der Waals surface area contributed by atoms with Crippen molar-refractivity contribution in [3.63, 3.8) is 0 Å². The zero-order valence-corrected chi connectivity index (χ0v) is 7.54. The van der Waals surface area contributed by atoms with Gasteiger partial charge in [-0.25, -0.2) is 4.98 Å². The van der Waals surface area contributed by atoms with Crippen LogP contribution in [0.1, 0.15) is 12.5 Å². The van der Waals surface area contributed by atoms with Crippen LogP contribution >= 0.6 is 11.6 Å². The van der Waals surface area contributed by atoms with Crippen molar-refractivity contribution >= 4 is 17.2 Å². The van der Waals surface area contributed by atoms with E-state index in [1.54, 1.807) is 6.20 Å². The highest BCUT2D eigenvalue weighted by Gasteiger charge is 2.01. The number of pyridine rings is 1. The molecule has 0 saturated carbocycles. The van der Waals surface area contributed by atoms with E-state index in [2.05, 4.69) is 11.9 Å². The van der Waals surface area contributed by atoms with Crippen molar-refractivity contribution < 1.29 is 0 Å². The molecule has 0 N–H and O–H groups in total. The fraction of sp³-hybridized carbons (Fsp3) is 0.222. The largest absolute Gasteiger partial charge is 0.305 e. The Morgan fingerprint density at radius 3 is 3.17 bits per heavy atom. The number of aryl methyl sites for hydroxylation is 1. The second-order valence-electron chi connectivity index (χ2n) is 2.70. The predicted octanol–water partition coefficient (Wildman–Crippen LogP) is 2.55. The van der Waals surface area contributed by atoms with Gasteiger partial charge in [-0.05, 0) is 18.1 Å². The summed E-state index contributed by atoms with van der Waals surface area (Å²) in [5.41, 5.74) is 2.19. The van der Waals surface area contributed by atoms with Crippen LogP contribution in [0.5, 0.6) is 0 Å². The molecule has 0 saturated heterocycles. The summed E-state index contributed by atoms with van der Waals surface area (Å²) in [6.07, 6.45) is 6.51. The highest BCUT2D eigenvalue weighted by molar-refractivity contribution is 6.30. The van der Waals surface area contributed by atoms with E-state index in [0.717, 1.165) is 17.1 Å². The summed E-state index contributed by atoms with van der Waals surface area (Å²) in [7, 11) is 0. The molecule has 12 heavy (non-hydrogen) atoms. The number of aromatic nitrogens is 2. The maximum Gasteiger partial charge on any atom is 0.139 e. The van der Waals surface area contributed by atoms with Crippen LogP contribution in [0, 0.1) is 0 Å². The van der Waals surface area contributed by atoms with E-state index in [-0.39, 0.29) is 0 Å². The third-order valence-electron chi connectivity index (χ3n) is 1.91. The first-order valence-corrected chi connectivity index (χ1v) is 4.30. The number of halogens is 1. The lowest BCUT2D eigenvalue weighted by Gasteiger charge is -2.00. The van der Waals surface area contributed by atoms with E-state index in [1.165, 1.54) is 5.56 Å². The van der Waals surface area contributed by atoms with Crippen LogP contribution in [0.4, 0.5) is 0 Å². The molecule has 0 aliphatic rings. The molecule has 0 fully saturated rings. The third kappa shape index (κ3) is 1.08. The van der Waals surface area contributed by atoms with Gasteiger partial charge in [-0.3, -0.25) is 0 Å². The van der Waals surface area contributed by atoms with E-state index in [9.17, 15) is 0 Å². The fourth-order valence-electron chi connectivity index (χ4n) is 1.33. The molecule has 0 aliphatic carbocycles. The lowest BCUT2D eigenvalue weighted by atomic mass is 10.2. The maximum atomic E-state index is 5.91. The SMILES string of the molecule is CCc1cc(Cl)cn2ccnc12. The zero-order chi connectivity index (χ0) is 8.55. The lowest BCUT2D eigenvalue weighted by Crippen LogP contribution is -1.90. The normalized spacial score (nSPS) is 10.8. The van der Waals surface area contributed by atoms with Gasteiger partial charge in [0.05, 0.1) is 5.02 Å². The quantitative estimate of drug-likeness (QED) is 0.660. The third-order valence-corrected chi connectivity index (χ3v) is 2.12. The van der Waals surface area contributed by atoms with Crippen molar-refractivity contribution in [1.82, 2.24) is 9.38 Å². The number of imidazole rings is 1. The van der Waals surface area contributed by atoms with Gasteiger partial charge in [0.25, 0.3) is 0 Å². The van der Waals surface area contributed by atoms with Gasteiger partial charge in [-0.15, -0.1) is 0 Å². The van der Waals surface area contributed by atoms with E-state index in [0.29, 0.717) is 0 Å². The minimum atomic E-state index is 0.761. The lowest BCUT2D eigenvalue weighted by molar-refractivity contribution is 1.08. The molecule has 3 heteroatoms. The van der Waals surface area contributed by atoms with Crippen LogP contribution in [0.3, 0.4) is 0 Å². The monoisotopic (exact) mass is 180 g/mol. The smallest absolute Gasteiger partial charge is 0.139 e. The van der Waals surface area contributed by atoms with Crippen molar-refractivity contribution in [3.05, 3.63) is 35.2 Å². The van der Waals surface area contributed by atoms with Gasteiger partial charge in [0.2, 0.25) is 0 Å². The van der Waals surface area contributed by atoms with Crippen molar-refractivity contribution in [1.29, 1.82) is 0 Å². The standard InChI is InChI=1S/C9H9ClN2/c1-2-7-5-8(10)6-12-4-3-11-9(7)12/h3-6H,2H2,1H3. The summed E-state index contributed by atoms with van der Waals surface area (Å²) in [6.45, 7) is 2.10. The Bertz CT molecular complexity index is 406. The first-order chi connectivity index (χ1) is 5.81. The number of nitrogens with zero attached hydrogens (tertiary/aromatic N) is 2. The van der Waals surface area contributed by atoms with Crippen LogP contribution in [0.15, 0.2) is 24.7 Å². The predicted molar refractivity (Wildman–Crippen MR) is 49.6 cm³/mol. The Kier molecular flexibility index (Phi) is 1.77. The average molecular weight is 181 g/mol. The minimum absolute atomic E-state index is 0.761. The number of rotatable bonds is 1. The highest BCUT2D eigenvalue weighted by atomic mass is 35.5. The molecule has 2 heterocycles. The van der Waals surface area contributed by atoms with Crippen LogP contribution in [-0.4, -0.2) is 9.38 Å². The molecule has 0 bridgehead atoms. The Morgan fingerprint density at radius 2 is 2.42 bits per heavy atom. The topological polar surface area (TPSA) is 17.3 Å². The van der Waals surface area contributed by atoms with Gasteiger partial charge in [-0.1, -0.05) is 18.5 Å². The molecule has 2 nitrogen and oxygen atoms in total. The molecule has 0 spiro atoms. The Morgan fingerprint density at radius 1 is 1.58 bits per heavy atom. The second-order valence-corrected chi connectivity index (χ2v) is 3.13. The van der Waals surface area contributed by atoms with Crippen LogP contribution in [-0.2, 0) is 6.42 Å². The minimum Gasteiger partial charge on any atom is -0.305 e. The molecule has 0 radical (unpaired) electrons. The Labute approximate surface area is 75.8 Å². The first kappa shape index (κ1) is 7.62. The summed E-state index contributed by atoms with van der Waals surface area (Å²) in [5, 5.41) is 0.761. The molecule has 0 aliphatic heterocycles. The second kappa shape index (κ2) is 2.79. The summed E-state index contributed by atoms with van der Waals surface area (Å²) in [4.78, 5) is 4.23. The maximum absolute atomic E-state index is 5.91.